The predicted molar refractivity (Wildman–Crippen MR) is 118 cm³/mol. The molecule has 1 aliphatic rings. The lowest BCUT2D eigenvalue weighted by Crippen LogP contribution is -2.47. The first kappa shape index (κ1) is 19.5. The number of amides is 1. The zero-order chi connectivity index (χ0) is 20.1. The highest BCUT2D eigenvalue weighted by Gasteiger charge is 2.16. The summed E-state index contributed by atoms with van der Waals surface area (Å²) in [5, 5.41) is 10.3. The van der Waals surface area contributed by atoms with Crippen molar-refractivity contribution in [3.63, 3.8) is 0 Å². The van der Waals surface area contributed by atoms with Crippen molar-refractivity contribution in [1.29, 1.82) is 0 Å². The van der Waals surface area contributed by atoms with E-state index in [1.807, 2.05) is 48.1 Å². The molecule has 0 unspecified atom stereocenters. The fourth-order valence-electron chi connectivity index (χ4n) is 3.15. The van der Waals surface area contributed by atoms with Gasteiger partial charge in [0.1, 0.15) is 0 Å². The average Bonchev–Trinajstić information content (AvgIpc) is 3.27. The van der Waals surface area contributed by atoms with E-state index in [0.717, 1.165) is 48.7 Å². The molecule has 0 saturated carbocycles. The lowest BCUT2D eigenvalue weighted by atomic mass is 10.2. The minimum Gasteiger partial charge on any atom is -0.325 e. The van der Waals surface area contributed by atoms with Crippen molar-refractivity contribution < 1.29 is 4.79 Å². The molecule has 4 rings (SSSR count). The number of hydrogen-bond donors (Lipinski definition) is 2. The molecule has 2 N–H and O–H groups in total. The summed E-state index contributed by atoms with van der Waals surface area (Å²) >= 11 is 1.65. The fraction of sp³-hybridized carbons (Fsp3) is 0.286. The predicted octanol–water partition coefficient (Wildman–Crippen LogP) is 3.13. The van der Waals surface area contributed by atoms with E-state index in [-0.39, 0.29) is 5.91 Å². The largest absolute Gasteiger partial charge is 0.325 e. The maximum Gasteiger partial charge on any atom is 0.238 e. The second-order valence-electron chi connectivity index (χ2n) is 7.14. The van der Waals surface area contributed by atoms with Crippen molar-refractivity contribution in [2.45, 2.75) is 0 Å². The highest BCUT2D eigenvalue weighted by Crippen LogP contribution is 2.22. The first-order valence-corrected chi connectivity index (χ1v) is 10.5. The maximum absolute atomic E-state index is 12.3. The Morgan fingerprint density at radius 2 is 1.69 bits per heavy atom. The summed E-state index contributed by atoms with van der Waals surface area (Å²) < 4.78 is 0. The molecular weight excluding hydrogens is 384 g/mol. The fourth-order valence-corrected chi connectivity index (χ4v) is 3.81. The number of anilines is 3. The number of nitrogens with zero attached hydrogens (tertiary/aromatic N) is 4. The Morgan fingerprint density at radius 1 is 1.00 bits per heavy atom. The Hall–Kier alpha value is -2.81. The molecule has 1 saturated heterocycles. The zero-order valence-electron chi connectivity index (χ0n) is 16.3. The van der Waals surface area contributed by atoms with Crippen LogP contribution in [0, 0.1) is 0 Å². The first-order chi connectivity index (χ1) is 14.2. The van der Waals surface area contributed by atoms with Crippen molar-refractivity contribution in [2.75, 3.05) is 50.4 Å². The molecule has 1 aliphatic heterocycles. The van der Waals surface area contributed by atoms with Crippen molar-refractivity contribution in [3.8, 4) is 11.1 Å². The van der Waals surface area contributed by atoms with Crippen LogP contribution in [-0.2, 0) is 4.79 Å². The standard InChI is InChI=1S/C21H24N6OS/c1-26-7-9-27(10-8-26)14-20(28)24-18-2-4-19(5-3-18)25-21-22-12-17(13-23-21)16-6-11-29-15-16/h2-6,11-13,15H,7-10,14H2,1H3,(H,24,28)(H,22,23,25). The molecule has 0 atom stereocenters. The van der Waals surface area contributed by atoms with Crippen LogP contribution >= 0.6 is 11.3 Å². The van der Waals surface area contributed by atoms with Crippen LogP contribution in [0.25, 0.3) is 11.1 Å². The number of carbonyl (C=O) groups excluding carboxylic acids is 1. The van der Waals surface area contributed by atoms with Crippen molar-refractivity contribution in [1.82, 2.24) is 19.8 Å². The number of thiophene rings is 1. The Bertz CT molecular complexity index is 919. The van der Waals surface area contributed by atoms with Gasteiger partial charge in [-0.1, -0.05) is 0 Å². The SMILES string of the molecule is CN1CCN(CC(=O)Nc2ccc(Nc3ncc(-c4ccsc4)cn3)cc2)CC1. The smallest absolute Gasteiger partial charge is 0.238 e. The average molecular weight is 409 g/mol. The zero-order valence-corrected chi connectivity index (χ0v) is 17.2. The summed E-state index contributed by atoms with van der Waals surface area (Å²) in [5.74, 6) is 0.554. The Morgan fingerprint density at radius 3 is 2.34 bits per heavy atom. The summed E-state index contributed by atoms with van der Waals surface area (Å²) in [6, 6.07) is 9.62. The summed E-state index contributed by atoms with van der Waals surface area (Å²) in [7, 11) is 2.11. The molecule has 1 aromatic carbocycles. The number of hydrogen-bond acceptors (Lipinski definition) is 7. The lowest BCUT2D eigenvalue weighted by molar-refractivity contribution is -0.117. The molecule has 0 aliphatic carbocycles. The molecule has 29 heavy (non-hydrogen) atoms. The molecule has 0 spiro atoms. The molecule has 1 amide bonds. The molecule has 8 heteroatoms. The van der Waals surface area contributed by atoms with Crippen LogP contribution in [0.5, 0.6) is 0 Å². The lowest BCUT2D eigenvalue weighted by Gasteiger charge is -2.31. The van der Waals surface area contributed by atoms with Crippen LogP contribution in [0.4, 0.5) is 17.3 Å². The normalized spacial score (nSPS) is 15.2. The Kier molecular flexibility index (Phi) is 6.14. The third-order valence-electron chi connectivity index (χ3n) is 4.89. The van der Waals surface area contributed by atoms with E-state index in [4.69, 9.17) is 0 Å². The van der Waals surface area contributed by atoms with Crippen LogP contribution in [0.1, 0.15) is 0 Å². The number of benzene rings is 1. The van der Waals surface area contributed by atoms with Crippen LogP contribution in [0.15, 0.2) is 53.5 Å². The van der Waals surface area contributed by atoms with Gasteiger partial charge in [0.25, 0.3) is 0 Å². The minimum absolute atomic E-state index is 0.0163. The van der Waals surface area contributed by atoms with Crippen LogP contribution in [-0.4, -0.2) is 65.4 Å². The Balaban J connectivity index is 1.29. The second-order valence-corrected chi connectivity index (χ2v) is 7.92. The van der Waals surface area contributed by atoms with E-state index in [1.165, 1.54) is 0 Å². The van der Waals surface area contributed by atoms with E-state index in [2.05, 4.69) is 42.8 Å². The molecule has 0 bridgehead atoms. The van der Waals surface area contributed by atoms with Gasteiger partial charge in [0.2, 0.25) is 11.9 Å². The number of rotatable bonds is 6. The highest BCUT2D eigenvalue weighted by molar-refractivity contribution is 7.08. The monoisotopic (exact) mass is 408 g/mol. The van der Waals surface area contributed by atoms with Gasteiger partial charge >= 0.3 is 0 Å². The maximum atomic E-state index is 12.3. The molecule has 3 aromatic rings. The van der Waals surface area contributed by atoms with Gasteiger partial charge in [-0.15, -0.1) is 0 Å². The summed E-state index contributed by atoms with van der Waals surface area (Å²) in [4.78, 5) is 25.5. The molecule has 2 aromatic heterocycles. The van der Waals surface area contributed by atoms with Gasteiger partial charge in [-0.2, -0.15) is 11.3 Å². The number of carbonyl (C=O) groups is 1. The van der Waals surface area contributed by atoms with Gasteiger partial charge in [-0.25, -0.2) is 9.97 Å². The Labute approximate surface area is 174 Å². The first-order valence-electron chi connectivity index (χ1n) is 9.58. The highest BCUT2D eigenvalue weighted by atomic mass is 32.1. The van der Waals surface area contributed by atoms with E-state index in [1.54, 1.807) is 11.3 Å². The number of likely N-dealkylation sites (N-methyl/N-ethyl adjacent to an activating group) is 1. The molecular formula is C21H24N6OS. The third kappa shape index (κ3) is 5.38. The van der Waals surface area contributed by atoms with Crippen LogP contribution < -0.4 is 10.6 Å². The van der Waals surface area contributed by atoms with Crippen LogP contribution in [0.3, 0.4) is 0 Å². The summed E-state index contributed by atoms with van der Waals surface area (Å²) in [6.45, 7) is 4.29. The number of piperazine rings is 1. The van der Waals surface area contributed by atoms with Gasteiger partial charge in [-0.05, 0) is 53.7 Å². The third-order valence-corrected chi connectivity index (χ3v) is 5.58. The molecule has 7 nitrogen and oxygen atoms in total. The van der Waals surface area contributed by atoms with Gasteiger partial charge in [0, 0.05) is 55.5 Å². The van der Waals surface area contributed by atoms with Crippen molar-refractivity contribution >= 4 is 34.6 Å². The molecule has 3 heterocycles. The van der Waals surface area contributed by atoms with Crippen LogP contribution in [0.2, 0.25) is 0 Å². The second kappa shape index (κ2) is 9.13. The number of aromatic nitrogens is 2. The van der Waals surface area contributed by atoms with Gasteiger partial charge < -0.3 is 15.5 Å². The summed E-state index contributed by atoms with van der Waals surface area (Å²) in [5.41, 5.74) is 3.77. The topological polar surface area (TPSA) is 73.4 Å². The van der Waals surface area contributed by atoms with Gasteiger partial charge in [0.15, 0.2) is 0 Å². The number of nitrogens with one attached hydrogen (secondary N) is 2. The molecule has 0 radical (unpaired) electrons. The molecule has 150 valence electrons. The van der Waals surface area contributed by atoms with Crippen molar-refractivity contribution in [3.05, 3.63) is 53.5 Å². The van der Waals surface area contributed by atoms with E-state index < -0.39 is 0 Å². The van der Waals surface area contributed by atoms with Gasteiger partial charge in [0.05, 0.1) is 6.54 Å². The van der Waals surface area contributed by atoms with E-state index >= 15 is 0 Å². The van der Waals surface area contributed by atoms with Crippen molar-refractivity contribution in [2.24, 2.45) is 0 Å². The van der Waals surface area contributed by atoms with Gasteiger partial charge in [-0.3, -0.25) is 9.69 Å². The molecule has 1 fully saturated rings. The quantitative estimate of drug-likeness (QED) is 0.653. The van der Waals surface area contributed by atoms with E-state index in [9.17, 15) is 4.79 Å². The minimum atomic E-state index is 0.0163. The van der Waals surface area contributed by atoms with E-state index in [0.29, 0.717) is 12.5 Å². The summed E-state index contributed by atoms with van der Waals surface area (Å²) in [6.07, 6.45) is 3.62.